The lowest BCUT2D eigenvalue weighted by molar-refractivity contribution is -0.157. The molecule has 0 bridgehead atoms. The van der Waals surface area contributed by atoms with E-state index in [2.05, 4.69) is 26.2 Å². The smallest absolute Gasteiger partial charge is 0.329 e. The van der Waals surface area contributed by atoms with Gasteiger partial charge in [0.25, 0.3) is 5.91 Å². The van der Waals surface area contributed by atoms with Gasteiger partial charge in [-0.15, -0.1) is 0 Å². The molecule has 2 aromatic carbocycles. The Kier molecular flexibility index (Phi) is 7.97. The number of hydrogen-bond acceptors (Lipinski definition) is 4. The second-order valence-electron chi connectivity index (χ2n) is 9.87. The van der Waals surface area contributed by atoms with Crippen LogP contribution in [0.15, 0.2) is 57.9 Å². The first-order chi connectivity index (χ1) is 15.9. The molecule has 0 saturated carbocycles. The lowest BCUT2D eigenvalue weighted by atomic mass is 10.0. The molecule has 0 radical (unpaired) electrons. The molecule has 0 aliphatic carbocycles. The van der Waals surface area contributed by atoms with E-state index in [-0.39, 0.29) is 11.5 Å². The first kappa shape index (κ1) is 25.7. The van der Waals surface area contributed by atoms with Gasteiger partial charge < -0.3 is 15.0 Å². The van der Waals surface area contributed by atoms with Crippen molar-refractivity contribution in [2.45, 2.75) is 59.1 Å². The summed E-state index contributed by atoms with van der Waals surface area (Å²) in [5.74, 6) is -0.976. The molecule has 0 saturated heterocycles. The molecule has 1 aromatic heterocycles. The molecule has 0 aliphatic heterocycles. The first-order valence-electron chi connectivity index (χ1n) is 11.4. The van der Waals surface area contributed by atoms with Crippen molar-refractivity contribution in [3.05, 3.63) is 80.0 Å². The van der Waals surface area contributed by atoms with Gasteiger partial charge in [0, 0.05) is 21.6 Å². The topological polar surface area (TPSA) is 88.3 Å². The number of rotatable bonds is 7. The van der Waals surface area contributed by atoms with Crippen molar-refractivity contribution in [2.75, 3.05) is 0 Å². The number of H-pyrrole nitrogens is 1. The van der Waals surface area contributed by atoms with Gasteiger partial charge in [0.15, 0.2) is 0 Å². The standard InChI is InChI=1S/C27H31BrN2O4/c1-16(2)11-23(26(33)34-27(3,4)5)30-25(32)20-15-29-22-13-18(12-17-9-7-6-8-10-17)21(28)14-19(22)24(20)31/h6-10,13-16,23H,11-12H2,1-5H3,(H,29,31)(H,30,32)/t23-/m0/s1. The molecule has 3 rings (SSSR count). The summed E-state index contributed by atoms with van der Waals surface area (Å²) in [6.45, 7) is 9.24. The third kappa shape index (κ3) is 6.56. The maximum Gasteiger partial charge on any atom is 0.329 e. The van der Waals surface area contributed by atoms with Crippen molar-refractivity contribution in [1.29, 1.82) is 0 Å². The zero-order valence-corrected chi connectivity index (χ0v) is 21.8. The molecule has 0 fully saturated rings. The van der Waals surface area contributed by atoms with E-state index in [4.69, 9.17) is 4.74 Å². The third-order valence-electron chi connectivity index (χ3n) is 5.23. The fraction of sp³-hybridized carbons (Fsp3) is 0.370. The summed E-state index contributed by atoms with van der Waals surface area (Å²) in [6, 6.07) is 12.8. The van der Waals surface area contributed by atoms with Crippen molar-refractivity contribution >= 4 is 38.7 Å². The van der Waals surface area contributed by atoms with Crippen LogP contribution in [0.5, 0.6) is 0 Å². The molecular weight excluding hydrogens is 496 g/mol. The van der Waals surface area contributed by atoms with E-state index in [9.17, 15) is 14.4 Å². The Morgan fingerprint density at radius 3 is 2.41 bits per heavy atom. The number of hydrogen-bond donors (Lipinski definition) is 2. The second-order valence-corrected chi connectivity index (χ2v) is 10.7. The Bertz CT molecular complexity index is 1240. The Labute approximate surface area is 208 Å². The normalized spacial score (nSPS) is 12.6. The van der Waals surface area contributed by atoms with Gasteiger partial charge in [-0.1, -0.05) is 60.1 Å². The minimum absolute atomic E-state index is 0.0486. The summed E-state index contributed by atoms with van der Waals surface area (Å²) < 4.78 is 6.26. The summed E-state index contributed by atoms with van der Waals surface area (Å²) in [7, 11) is 0. The monoisotopic (exact) mass is 526 g/mol. The summed E-state index contributed by atoms with van der Waals surface area (Å²) in [6.07, 6.45) is 2.51. The van der Waals surface area contributed by atoms with Crippen LogP contribution in [0, 0.1) is 5.92 Å². The maximum atomic E-state index is 13.2. The number of benzene rings is 2. The lowest BCUT2D eigenvalue weighted by Gasteiger charge is -2.25. The predicted molar refractivity (Wildman–Crippen MR) is 138 cm³/mol. The van der Waals surface area contributed by atoms with Gasteiger partial charge in [0.05, 0.1) is 0 Å². The number of aromatic nitrogens is 1. The van der Waals surface area contributed by atoms with Crippen molar-refractivity contribution in [3.8, 4) is 0 Å². The van der Waals surface area contributed by atoms with Crippen LogP contribution >= 0.6 is 15.9 Å². The van der Waals surface area contributed by atoms with Crippen LogP contribution in [0.25, 0.3) is 10.9 Å². The van der Waals surface area contributed by atoms with Crippen LogP contribution in [0.2, 0.25) is 0 Å². The molecule has 0 unspecified atom stereocenters. The second kappa shape index (κ2) is 10.6. The first-order valence-corrected chi connectivity index (χ1v) is 12.2. The van der Waals surface area contributed by atoms with Crippen LogP contribution < -0.4 is 10.7 Å². The minimum atomic E-state index is -0.846. The number of fused-ring (bicyclic) bond motifs is 1. The quantitative estimate of drug-likeness (QED) is 0.405. The number of pyridine rings is 1. The van der Waals surface area contributed by atoms with E-state index in [0.717, 1.165) is 15.6 Å². The fourth-order valence-electron chi connectivity index (χ4n) is 3.70. The molecule has 34 heavy (non-hydrogen) atoms. The molecule has 180 valence electrons. The van der Waals surface area contributed by atoms with Crippen LogP contribution in [-0.2, 0) is 16.0 Å². The number of carbonyl (C=O) groups excluding carboxylic acids is 2. The molecule has 3 aromatic rings. The third-order valence-corrected chi connectivity index (χ3v) is 5.97. The van der Waals surface area contributed by atoms with Gasteiger partial charge in [-0.3, -0.25) is 9.59 Å². The Balaban J connectivity index is 1.89. The van der Waals surface area contributed by atoms with Crippen molar-refractivity contribution < 1.29 is 14.3 Å². The summed E-state index contributed by atoms with van der Waals surface area (Å²) in [4.78, 5) is 41.9. The van der Waals surface area contributed by atoms with E-state index < -0.39 is 28.9 Å². The lowest BCUT2D eigenvalue weighted by Crippen LogP contribution is -2.45. The van der Waals surface area contributed by atoms with E-state index in [0.29, 0.717) is 23.7 Å². The van der Waals surface area contributed by atoms with E-state index >= 15 is 0 Å². The van der Waals surface area contributed by atoms with Gasteiger partial charge in [0.2, 0.25) is 5.43 Å². The number of aromatic amines is 1. The average molecular weight is 527 g/mol. The highest BCUT2D eigenvalue weighted by atomic mass is 79.9. The largest absolute Gasteiger partial charge is 0.458 e. The van der Waals surface area contributed by atoms with Crippen LogP contribution in [0.3, 0.4) is 0 Å². The van der Waals surface area contributed by atoms with Gasteiger partial charge in [-0.25, -0.2) is 4.79 Å². The predicted octanol–water partition coefficient (Wildman–Crippen LogP) is 5.37. The van der Waals surface area contributed by atoms with Gasteiger partial charge in [-0.05, 0) is 62.8 Å². The summed E-state index contributed by atoms with van der Waals surface area (Å²) in [5, 5.41) is 3.10. The van der Waals surface area contributed by atoms with Gasteiger partial charge in [-0.2, -0.15) is 0 Å². The van der Waals surface area contributed by atoms with Gasteiger partial charge in [0.1, 0.15) is 17.2 Å². The van der Waals surface area contributed by atoms with Crippen molar-refractivity contribution in [1.82, 2.24) is 10.3 Å². The zero-order chi connectivity index (χ0) is 25.0. The van der Waals surface area contributed by atoms with Crippen LogP contribution in [0.4, 0.5) is 0 Å². The number of nitrogens with one attached hydrogen (secondary N) is 2. The number of esters is 1. The van der Waals surface area contributed by atoms with Gasteiger partial charge >= 0.3 is 5.97 Å². The number of ether oxygens (including phenoxy) is 1. The Hall–Kier alpha value is -2.93. The van der Waals surface area contributed by atoms with E-state index in [1.807, 2.05) is 50.2 Å². The zero-order valence-electron chi connectivity index (χ0n) is 20.2. The average Bonchev–Trinajstić information content (AvgIpc) is 2.74. The van der Waals surface area contributed by atoms with E-state index in [1.165, 1.54) is 6.20 Å². The highest BCUT2D eigenvalue weighted by Crippen LogP contribution is 2.24. The minimum Gasteiger partial charge on any atom is -0.458 e. The number of carbonyl (C=O) groups is 2. The fourth-order valence-corrected chi connectivity index (χ4v) is 4.18. The van der Waals surface area contributed by atoms with Crippen LogP contribution in [0.1, 0.15) is 62.5 Å². The molecule has 1 amide bonds. The van der Waals surface area contributed by atoms with E-state index in [1.54, 1.807) is 26.8 Å². The SMILES string of the molecule is CC(C)C[C@H](NC(=O)c1c[nH]c2cc(Cc3ccccc3)c(Br)cc2c1=O)C(=O)OC(C)(C)C. The molecule has 1 atom stereocenters. The van der Waals surface area contributed by atoms with Crippen molar-refractivity contribution in [2.24, 2.45) is 5.92 Å². The summed E-state index contributed by atoms with van der Waals surface area (Å²) in [5.41, 5.74) is 1.69. The summed E-state index contributed by atoms with van der Waals surface area (Å²) >= 11 is 3.57. The number of halogens is 1. The Morgan fingerprint density at radius 2 is 1.79 bits per heavy atom. The maximum absolute atomic E-state index is 13.2. The van der Waals surface area contributed by atoms with Crippen LogP contribution in [-0.4, -0.2) is 28.5 Å². The molecule has 2 N–H and O–H groups in total. The number of amides is 1. The highest BCUT2D eigenvalue weighted by Gasteiger charge is 2.28. The molecule has 6 nitrogen and oxygen atoms in total. The molecule has 7 heteroatoms. The highest BCUT2D eigenvalue weighted by molar-refractivity contribution is 9.10. The molecule has 0 spiro atoms. The van der Waals surface area contributed by atoms with Crippen molar-refractivity contribution in [3.63, 3.8) is 0 Å². The Morgan fingerprint density at radius 1 is 1.12 bits per heavy atom. The molecular formula is C27H31BrN2O4. The molecule has 1 heterocycles. The molecule has 0 aliphatic rings.